The molecule has 0 aliphatic heterocycles. The number of anilines is 1. The van der Waals surface area contributed by atoms with Crippen LogP contribution in [0.4, 0.5) is 15.8 Å². The van der Waals surface area contributed by atoms with Gasteiger partial charge < -0.3 is 15.2 Å². The van der Waals surface area contributed by atoms with Gasteiger partial charge >= 0.3 is 11.7 Å². The van der Waals surface area contributed by atoms with E-state index in [1.807, 2.05) is 30.3 Å². The second kappa shape index (κ2) is 8.80. The number of hydrogen-bond acceptors (Lipinski definition) is 5. The number of rotatable bonds is 9. The number of nitrogens with one attached hydrogen (secondary N) is 1. The molecule has 0 bridgehead atoms. The van der Waals surface area contributed by atoms with Gasteiger partial charge in [-0.2, -0.15) is 0 Å². The Labute approximate surface area is 149 Å². The van der Waals surface area contributed by atoms with Crippen molar-refractivity contribution < 1.29 is 24.0 Å². The third-order valence-electron chi connectivity index (χ3n) is 3.86. The van der Waals surface area contributed by atoms with E-state index in [1.54, 1.807) is 0 Å². The topological polar surface area (TPSA) is 102 Å². The van der Waals surface area contributed by atoms with Gasteiger partial charge in [-0.1, -0.05) is 30.3 Å². The molecule has 1 unspecified atom stereocenters. The number of nitrogens with zero attached hydrogens (tertiary/aromatic N) is 1. The van der Waals surface area contributed by atoms with E-state index < -0.39 is 22.4 Å². The highest BCUT2D eigenvalue weighted by Crippen LogP contribution is 2.33. The molecule has 0 aliphatic rings. The molecule has 0 spiro atoms. The molecule has 0 amide bonds. The van der Waals surface area contributed by atoms with Crippen molar-refractivity contribution in [3.8, 4) is 5.75 Å². The highest BCUT2D eigenvalue weighted by Gasteiger charge is 2.21. The third kappa shape index (κ3) is 5.17. The summed E-state index contributed by atoms with van der Waals surface area (Å²) in [6.07, 6.45) is 0.659. The molecule has 2 aromatic rings. The number of carbonyl (C=O) groups is 1. The first-order valence-electron chi connectivity index (χ1n) is 7.95. The van der Waals surface area contributed by atoms with Gasteiger partial charge in [-0.25, -0.2) is 4.39 Å². The Morgan fingerprint density at radius 2 is 2.04 bits per heavy atom. The van der Waals surface area contributed by atoms with Crippen LogP contribution >= 0.6 is 0 Å². The van der Waals surface area contributed by atoms with Crippen LogP contribution in [0.1, 0.15) is 18.4 Å². The summed E-state index contributed by atoms with van der Waals surface area (Å²) in [6, 6.07) is 11.0. The summed E-state index contributed by atoms with van der Waals surface area (Å²) in [6.45, 7) is 0. The predicted octanol–water partition coefficient (Wildman–Crippen LogP) is 3.63. The summed E-state index contributed by atoms with van der Waals surface area (Å²) >= 11 is 0. The van der Waals surface area contributed by atoms with Crippen LogP contribution < -0.4 is 10.1 Å². The number of hydrogen-bond donors (Lipinski definition) is 2. The second-order valence-corrected chi connectivity index (χ2v) is 5.72. The first-order valence-corrected chi connectivity index (χ1v) is 7.95. The first kappa shape index (κ1) is 19.2. The minimum Gasteiger partial charge on any atom is -0.490 e. The molecule has 1 atom stereocenters. The van der Waals surface area contributed by atoms with Crippen LogP contribution in [0.3, 0.4) is 0 Å². The summed E-state index contributed by atoms with van der Waals surface area (Å²) in [5, 5.41) is 22.8. The Morgan fingerprint density at radius 3 is 2.62 bits per heavy atom. The molecule has 2 aromatic carbocycles. The molecule has 0 aliphatic carbocycles. The molecule has 0 heterocycles. The van der Waals surface area contributed by atoms with Crippen molar-refractivity contribution in [2.24, 2.45) is 0 Å². The molecule has 8 heteroatoms. The van der Waals surface area contributed by atoms with Gasteiger partial charge in [-0.3, -0.25) is 14.9 Å². The molecule has 2 rings (SSSR count). The quantitative estimate of drug-likeness (QED) is 0.522. The molecule has 0 aromatic heterocycles. The molecule has 0 saturated carbocycles. The molecular formula is C18H19FN2O5. The molecule has 26 heavy (non-hydrogen) atoms. The number of aliphatic carboxylic acids is 1. The number of ether oxygens (including phenoxy) is 1. The fraction of sp³-hybridized carbons (Fsp3) is 0.278. The van der Waals surface area contributed by atoms with E-state index in [2.05, 4.69) is 5.32 Å². The average molecular weight is 362 g/mol. The Balaban J connectivity index is 2.26. The van der Waals surface area contributed by atoms with Gasteiger partial charge in [0.2, 0.25) is 0 Å². The lowest BCUT2D eigenvalue weighted by Crippen LogP contribution is -2.24. The second-order valence-electron chi connectivity index (χ2n) is 5.72. The number of carboxylic acid groups (broad SMARTS) is 1. The van der Waals surface area contributed by atoms with Crippen LogP contribution in [0.15, 0.2) is 42.5 Å². The van der Waals surface area contributed by atoms with E-state index in [1.165, 1.54) is 13.2 Å². The number of carboxylic acids is 1. The number of nitro benzene ring substituents is 1. The zero-order valence-electron chi connectivity index (χ0n) is 14.1. The third-order valence-corrected chi connectivity index (χ3v) is 3.86. The van der Waals surface area contributed by atoms with Gasteiger partial charge in [0.25, 0.3) is 0 Å². The maximum Gasteiger partial charge on any atom is 0.313 e. The molecule has 7 nitrogen and oxygen atoms in total. The van der Waals surface area contributed by atoms with Crippen molar-refractivity contribution in [1.29, 1.82) is 0 Å². The van der Waals surface area contributed by atoms with Gasteiger partial charge in [-0.05, 0) is 18.4 Å². The number of benzene rings is 2. The van der Waals surface area contributed by atoms with Crippen LogP contribution in [0.5, 0.6) is 5.75 Å². The molecule has 138 valence electrons. The van der Waals surface area contributed by atoms with Gasteiger partial charge in [0.15, 0.2) is 11.6 Å². The predicted molar refractivity (Wildman–Crippen MR) is 94.0 cm³/mol. The zero-order chi connectivity index (χ0) is 19.1. The van der Waals surface area contributed by atoms with E-state index in [9.17, 15) is 19.3 Å². The highest BCUT2D eigenvalue weighted by atomic mass is 19.1. The highest BCUT2D eigenvalue weighted by molar-refractivity contribution is 5.67. The standard InChI is InChI=1S/C18H19FN2O5/c1-26-17-11-15(14(19)10-16(17)21(24)25)20-13(7-8-18(22)23)9-12-5-3-2-4-6-12/h2-6,10-11,13,20H,7-9H2,1H3,(H,22,23). The Bertz CT molecular complexity index is 783. The van der Waals surface area contributed by atoms with E-state index in [0.29, 0.717) is 6.42 Å². The van der Waals surface area contributed by atoms with Crippen molar-refractivity contribution in [2.45, 2.75) is 25.3 Å². The van der Waals surface area contributed by atoms with E-state index in [-0.39, 0.29) is 30.3 Å². The lowest BCUT2D eigenvalue weighted by molar-refractivity contribution is -0.385. The summed E-state index contributed by atoms with van der Waals surface area (Å²) in [5.74, 6) is -1.83. The van der Waals surface area contributed by atoms with Crippen molar-refractivity contribution >= 4 is 17.3 Å². The molecule has 0 radical (unpaired) electrons. The smallest absolute Gasteiger partial charge is 0.313 e. The Hall–Kier alpha value is -3.16. The van der Waals surface area contributed by atoms with Crippen LogP contribution in [0.25, 0.3) is 0 Å². The van der Waals surface area contributed by atoms with Gasteiger partial charge in [-0.15, -0.1) is 0 Å². The summed E-state index contributed by atoms with van der Waals surface area (Å²) < 4.78 is 19.2. The monoisotopic (exact) mass is 362 g/mol. The Kier molecular flexibility index (Phi) is 6.48. The molecular weight excluding hydrogens is 343 g/mol. The maximum atomic E-state index is 14.3. The molecule has 0 fully saturated rings. The van der Waals surface area contributed by atoms with Crippen molar-refractivity contribution in [3.05, 3.63) is 64.0 Å². The van der Waals surface area contributed by atoms with Crippen LogP contribution in [0, 0.1) is 15.9 Å². The summed E-state index contributed by atoms with van der Waals surface area (Å²) in [7, 11) is 1.26. The van der Waals surface area contributed by atoms with Crippen LogP contribution in [-0.2, 0) is 11.2 Å². The lowest BCUT2D eigenvalue weighted by Gasteiger charge is -2.20. The van der Waals surface area contributed by atoms with Crippen LogP contribution in [0.2, 0.25) is 0 Å². The van der Waals surface area contributed by atoms with Gasteiger partial charge in [0.1, 0.15) is 0 Å². The number of methoxy groups -OCH3 is 1. The van der Waals surface area contributed by atoms with Crippen molar-refractivity contribution in [1.82, 2.24) is 0 Å². The van der Waals surface area contributed by atoms with E-state index in [4.69, 9.17) is 9.84 Å². The first-order chi connectivity index (χ1) is 12.4. The van der Waals surface area contributed by atoms with Crippen molar-refractivity contribution in [3.63, 3.8) is 0 Å². The number of nitro groups is 1. The van der Waals surface area contributed by atoms with Gasteiger partial charge in [0, 0.05) is 18.5 Å². The molecule has 0 saturated heterocycles. The van der Waals surface area contributed by atoms with Crippen molar-refractivity contribution in [2.75, 3.05) is 12.4 Å². The lowest BCUT2D eigenvalue weighted by atomic mass is 10.0. The zero-order valence-corrected chi connectivity index (χ0v) is 14.1. The average Bonchev–Trinajstić information content (AvgIpc) is 2.61. The van der Waals surface area contributed by atoms with E-state index in [0.717, 1.165) is 11.6 Å². The summed E-state index contributed by atoms with van der Waals surface area (Å²) in [4.78, 5) is 21.1. The maximum absolute atomic E-state index is 14.3. The number of halogens is 1. The SMILES string of the molecule is COc1cc(NC(CCC(=O)O)Cc2ccccc2)c(F)cc1[N+](=O)[O-]. The minimum absolute atomic E-state index is 0.0266. The van der Waals surface area contributed by atoms with Gasteiger partial charge in [0.05, 0.1) is 23.8 Å². The minimum atomic E-state index is -0.952. The fourth-order valence-electron chi connectivity index (χ4n) is 2.60. The molecule has 2 N–H and O–H groups in total. The van der Waals surface area contributed by atoms with Crippen LogP contribution in [-0.4, -0.2) is 29.2 Å². The normalized spacial score (nSPS) is 11.6. The fourth-order valence-corrected chi connectivity index (χ4v) is 2.60. The Morgan fingerprint density at radius 1 is 1.35 bits per heavy atom. The van der Waals surface area contributed by atoms with E-state index >= 15 is 0 Å². The largest absolute Gasteiger partial charge is 0.490 e. The summed E-state index contributed by atoms with van der Waals surface area (Å²) in [5.41, 5.74) is 0.518.